The lowest BCUT2D eigenvalue weighted by Crippen LogP contribution is -2.07. The Labute approximate surface area is 117 Å². The number of anilines is 1. The highest BCUT2D eigenvalue weighted by molar-refractivity contribution is 7.11. The topological polar surface area (TPSA) is 52.3 Å². The molecular weight excluding hydrogens is 258 g/mol. The van der Waals surface area contributed by atoms with E-state index in [1.165, 1.54) is 4.88 Å². The van der Waals surface area contributed by atoms with Crippen LogP contribution in [0, 0.1) is 6.92 Å². The van der Waals surface area contributed by atoms with E-state index in [0.717, 1.165) is 16.9 Å². The molecular formula is C15H17NO2S. The van der Waals surface area contributed by atoms with Gasteiger partial charge in [-0.25, -0.2) is 4.79 Å². The van der Waals surface area contributed by atoms with Gasteiger partial charge in [-0.3, -0.25) is 0 Å². The molecule has 0 amide bonds. The Morgan fingerprint density at radius 2 is 2.00 bits per heavy atom. The summed E-state index contributed by atoms with van der Waals surface area (Å²) in [5.74, 6) is -0.323. The molecule has 1 aromatic carbocycles. The Morgan fingerprint density at radius 1 is 1.26 bits per heavy atom. The van der Waals surface area contributed by atoms with Crippen molar-refractivity contribution in [3.05, 3.63) is 51.2 Å². The molecule has 1 heterocycles. The molecule has 0 bridgehead atoms. The van der Waals surface area contributed by atoms with Gasteiger partial charge in [-0.05, 0) is 43.2 Å². The lowest BCUT2D eigenvalue weighted by Gasteiger charge is -2.07. The Morgan fingerprint density at radius 3 is 2.68 bits per heavy atom. The minimum absolute atomic E-state index is 0.317. The maximum Gasteiger partial charge on any atom is 0.338 e. The third-order valence-corrected chi connectivity index (χ3v) is 4.10. The van der Waals surface area contributed by atoms with E-state index in [2.05, 4.69) is 13.0 Å². The monoisotopic (exact) mass is 275 g/mol. The predicted molar refractivity (Wildman–Crippen MR) is 78.4 cm³/mol. The summed E-state index contributed by atoms with van der Waals surface area (Å²) in [7, 11) is 0. The molecule has 0 unspecified atom stereocenters. The number of hydrogen-bond donors (Lipinski definition) is 1. The van der Waals surface area contributed by atoms with Gasteiger partial charge >= 0.3 is 5.97 Å². The number of carbonyl (C=O) groups is 1. The summed E-state index contributed by atoms with van der Waals surface area (Å²) in [5.41, 5.74) is 7.67. The van der Waals surface area contributed by atoms with Crippen molar-refractivity contribution in [3.8, 4) is 0 Å². The van der Waals surface area contributed by atoms with Crippen molar-refractivity contribution in [2.75, 3.05) is 5.73 Å². The first-order chi connectivity index (χ1) is 9.10. The van der Waals surface area contributed by atoms with Gasteiger partial charge in [-0.15, -0.1) is 11.3 Å². The van der Waals surface area contributed by atoms with Crippen molar-refractivity contribution < 1.29 is 9.53 Å². The first-order valence-electron chi connectivity index (χ1n) is 6.21. The number of aryl methyl sites for hydroxylation is 2. The maximum atomic E-state index is 12.0. The highest BCUT2D eigenvalue weighted by Gasteiger charge is 2.11. The summed E-state index contributed by atoms with van der Waals surface area (Å²) >= 11 is 1.68. The van der Waals surface area contributed by atoms with E-state index in [0.29, 0.717) is 17.9 Å². The van der Waals surface area contributed by atoms with Gasteiger partial charge in [-0.2, -0.15) is 0 Å². The lowest BCUT2D eigenvalue weighted by molar-refractivity contribution is 0.0476. The van der Waals surface area contributed by atoms with Crippen molar-refractivity contribution >= 4 is 23.0 Å². The Bertz CT molecular complexity index is 590. The number of benzene rings is 1. The molecule has 0 spiro atoms. The van der Waals surface area contributed by atoms with Gasteiger partial charge in [0.15, 0.2) is 0 Å². The smallest absolute Gasteiger partial charge is 0.338 e. The SMILES string of the molecule is CCc1ccc(COC(=O)c2cc(N)ccc2C)s1. The molecule has 0 aliphatic carbocycles. The second kappa shape index (κ2) is 5.89. The van der Waals surface area contributed by atoms with Gasteiger partial charge in [0.1, 0.15) is 6.61 Å². The summed E-state index contributed by atoms with van der Waals surface area (Å²) in [4.78, 5) is 14.4. The van der Waals surface area contributed by atoms with Crippen LogP contribution >= 0.6 is 11.3 Å². The second-order valence-corrected chi connectivity index (χ2v) is 5.62. The minimum Gasteiger partial charge on any atom is -0.456 e. The number of thiophene rings is 1. The minimum atomic E-state index is -0.323. The van der Waals surface area contributed by atoms with Gasteiger partial charge in [0.25, 0.3) is 0 Å². The maximum absolute atomic E-state index is 12.0. The molecule has 0 fully saturated rings. The van der Waals surface area contributed by atoms with Crippen LogP contribution in [0.3, 0.4) is 0 Å². The summed E-state index contributed by atoms with van der Waals surface area (Å²) < 4.78 is 5.32. The van der Waals surface area contributed by atoms with Crippen LogP contribution in [0.1, 0.15) is 32.6 Å². The number of nitrogens with two attached hydrogens (primary N) is 1. The van der Waals surface area contributed by atoms with Crippen LogP contribution in [0.15, 0.2) is 30.3 Å². The zero-order valence-corrected chi connectivity index (χ0v) is 11.9. The fourth-order valence-electron chi connectivity index (χ4n) is 1.76. The van der Waals surface area contributed by atoms with Crippen LogP contribution in [0.2, 0.25) is 0 Å². The molecule has 0 saturated carbocycles. The third kappa shape index (κ3) is 3.35. The highest BCUT2D eigenvalue weighted by Crippen LogP contribution is 2.19. The van der Waals surface area contributed by atoms with Crippen LogP contribution in [0.25, 0.3) is 0 Å². The highest BCUT2D eigenvalue weighted by atomic mass is 32.1. The number of esters is 1. The van der Waals surface area contributed by atoms with E-state index in [1.807, 2.05) is 19.1 Å². The molecule has 1 aromatic heterocycles. The molecule has 3 nitrogen and oxygen atoms in total. The summed E-state index contributed by atoms with van der Waals surface area (Å²) in [6, 6.07) is 9.33. The van der Waals surface area contributed by atoms with Gasteiger partial charge in [-0.1, -0.05) is 13.0 Å². The van der Waals surface area contributed by atoms with Crippen molar-refractivity contribution in [2.24, 2.45) is 0 Å². The van der Waals surface area contributed by atoms with Gasteiger partial charge in [0.2, 0.25) is 0 Å². The van der Waals surface area contributed by atoms with Gasteiger partial charge < -0.3 is 10.5 Å². The number of ether oxygens (including phenoxy) is 1. The van der Waals surface area contributed by atoms with E-state index in [-0.39, 0.29) is 5.97 Å². The Hall–Kier alpha value is -1.81. The molecule has 0 aliphatic heterocycles. The van der Waals surface area contributed by atoms with Crippen molar-refractivity contribution in [3.63, 3.8) is 0 Å². The van der Waals surface area contributed by atoms with Crippen molar-refractivity contribution in [1.29, 1.82) is 0 Å². The summed E-state index contributed by atoms with van der Waals surface area (Å²) in [5, 5.41) is 0. The Balaban J connectivity index is 2.03. The van der Waals surface area contributed by atoms with Gasteiger partial charge in [0, 0.05) is 15.4 Å². The molecule has 0 radical (unpaired) electrons. The number of rotatable bonds is 4. The third-order valence-electron chi connectivity index (χ3n) is 2.89. The van der Waals surface area contributed by atoms with Crippen molar-refractivity contribution in [2.45, 2.75) is 26.9 Å². The number of hydrogen-bond acceptors (Lipinski definition) is 4. The molecule has 100 valence electrons. The van der Waals surface area contributed by atoms with Crippen LogP contribution < -0.4 is 5.73 Å². The van der Waals surface area contributed by atoms with Crippen LogP contribution in [0.4, 0.5) is 5.69 Å². The molecule has 19 heavy (non-hydrogen) atoms. The molecule has 2 N–H and O–H groups in total. The fraction of sp³-hybridized carbons (Fsp3) is 0.267. The van der Waals surface area contributed by atoms with Gasteiger partial charge in [0.05, 0.1) is 5.56 Å². The van der Waals surface area contributed by atoms with Crippen LogP contribution in [-0.2, 0) is 17.8 Å². The molecule has 0 atom stereocenters. The predicted octanol–water partition coefficient (Wildman–Crippen LogP) is 3.56. The largest absolute Gasteiger partial charge is 0.456 e. The molecule has 2 aromatic rings. The normalized spacial score (nSPS) is 10.4. The van der Waals surface area contributed by atoms with E-state index in [1.54, 1.807) is 23.5 Å². The van der Waals surface area contributed by atoms with E-state index >= 15 is 0 Å². The Kier molecular flexibility index (Phi) is 4.22. The van der Waals surface area contributed by atoms with E-state index < -0.39 is 0 Å². The van der Waals surface area contributed by atoms with Crippen LogP contribution in [0.5, 0.6) is 0 Å². The van der Waals surface area contributed by atoms with Crippen molar-refractivity contribution in [1.82, 2.24) is 0 Å². The molecule has 4 heteroatoms. The molecule has 0 saturated heterocycles. The van der Waals surface area contributed by atoms with Crippen LogP contribution in [-0.4, -0.2) is 5.97 Å². The first-order valence-corrected chi connectivity index (χ1v) is 7.02. The zero-order valence-electron chi connectivity index (χ0n) is 11.1. The summed E-state index contributed by atoms with van der Waals surface area (Å²) in [6.45, 7) is 4.30. The average molecular weight is 275 g/mol. The number of nitrogen functional groups attached to an aromatic ring is 1. The lowest BCUT2D eigenvalue weighted by atomic mass is 10.1. The zero-order chi connectivity index (χ0) is 13.8. The summed E-state index contributed by atoms with van der Waals surface area (Å²) in [6.07, 6.45) is 1.01. The second-order valence-electron chi connectivity index (χ2n) is 4.37. The van der Waals surface area contributed by atoms with E-state index in [4.69, 9.17) is 10.5 Å². The first kappa shape index (κ1) is 13.6. The van der Waals surface area contributed by atoms with E-state index in [9.17, 15) is 4.79 Å². The quantitative estimate of drug-likeness (QED) is 0.685. The molecule has 2 rings (SSSR count). The standard InChI is InChI=1S/C15H17NO2S/c1-3-12-6-7-13(19-12)9-18-15(17)14-8-11(16)5-4-10(14)2/h4-8H,3,9,16H2,1-2H3. The fourth-order valence-corrected chi connectivity index (χ4v) is 2.63. The number of carbonyl (C=O) groups excluding carboxylic acids is 1. The molecule has 0 aliphatic rings. The average Bonchev–Trinajstić information content (AvgIpc) is 2.87.